The quantitative estimate of drug-likeness (QED) is 0.315. The van der Waals surface area contributed by atoms with Gasteiger partial charge in [0, 0.05) is 26.1 Å². The Hall–Kier alpha value is -5.07. The molecule has 2 aromatic heterocycles. The van der Waals surface area contributed by atoms with E-state index < -0.39 is 24.0 Å². The first kappa shape index (κ1) is 25.6. The summed E-state index contributed by atoms with van der Waals surface area (Å²) in [5, 5.41) is 11.9. The molecule has 0 saturated carbocycles. The fourth-order valence-electron chi connectivity index (χ4n) is 3.92. The zero-order valence-corrected chi connectivity index (χ0v) is 20.5. The van der Waals surface area contributed by atoms with Gasteiger partial charge in [-0.3, -0.25) is 14.4 Å². The molecule has 200 valence electrons. The minimum Gasteiger partial charge on any atom is -0.482 e. The molecular formula is C26H22F2N6O5. The van der Waals surface area contributed by atoms with Crippen LogP contribution in [0.25, 0.3) is 5.65 Å². The minimum absolute atomic E-state index is 0.0460. The van der Waals surface area contributed by atoms with Crippen LogP contribution in [0.3, 0.4) is 0 Å². The first-order valence-electron chi connectivity index (χ1n) is 11.8. The van der Waals surface area contributed by atoms with Gasteiger partial charge >= 0.3 is 0 Å². The first-order valence-corrected chi connectivity index (χ1v) is 11.8. The zero-order chi connectivity index (χ0) is 27.5. The van der Waals surface area contributed by atoms with Crippen LogP contribution in [0.2, 0.25) is 0 Å². The Labute approximate surface area is 220 Å². The lowest BCUT2D eigenvalue weighted by Gasteiger charge is -2.18. The van der Waals surface area contributed by atoms with Crippen molar-refractivity contribution in [1.29, 1.82) is 0 Å². The van der Waals surface area contributed by atoms with E-state index in [1.807, 2.05) is 0 Å². The van der Waals surface area contributed by atoms with Crippen LogP contribution in [0, 0.1) is 5.82 Å². The second kappa shape index (κ2) is 10.7. The van der Waals surface area contributed by atoms with Crippen LogP contribution in [0.5, 0.6) is 11.5 Å². The first-order chi connectivity index (χ1) is 18.8. The summed E-state index contributed by atoms with van der Waals surface area (Å²) in [6.45, 7) is 1.29. The average Bonchev–Trinajstić information content (AvgIpc) is 3.29. The molecule has 0 radical (unpaired) electrons. The Bertz CT molecular complexity index is 1590. The van der Waals surface area contributed by atoms with Crippen LogP contribution in [0.15, 0.2) is 54.7 Å². The molecule has 1 aliphatic rings. The number of hydrogen-bond acceptors (Lipinski definition) is 7. The summed E-state index contributed by atoms with van der Waals surface area (Å²) in [5.41, 5.74) is 1.16. The predicted octanol–water partition coefficient (Wildman–Crippen LogP) is 2.75. The molecule has 39 heavy (non-hydrogen) atoms. The molecule has 0 aliphatic carbocycles. The minimum atomic E-state index is -1.50. The van der Waals surface area contributed by atoms with Gasteiger partial charge in [-0.05, 0) is 35.4 Å². The van der Waals surface area contributed by atoms with Crippen molar-refractivity contribution in [2.75, 3.05) is 11.9 Å². The molecule has 0 spiro atoms. The van der Waals surface area contributed by atoms with Crippen molar-refractivity contribution in [2.24, 2.45) is 0 Å². The maximum absolute atomic E-state index is 14.4. The molecule has 13 heteroatoms. The number of amides is 3. The normalized spacial score (nSPS) is 13.2. The summed E-state index contributed by atoms with van der Waals surface area (Å²) < 4.78 is 38.9. The highest BCUT2D eigenvalue weighted by Crippen LogP contribution is 2.28. The van der Waals surface area contributed by atoms with E-state index in [9.17, 15) is 23.2 Å². The summed E-state index contributed by atoms with van der Waals surface area (Å²) in [6.07, 6.45) is -0.607. The van der Waals surface area contributed by atoms with Crippen molar-refractivity contribution in [3.05, 3.63) is 83.1 Å². The number of alkyl halides is 1. The van der Waals surface area contributed by atoms with Gasteiger partial charge in [-0.25, -0.2) is 18.3 Å². The fraction of sp³-hybridized carbons (Fsp3) is 0.192. The number of ether oxygens (including phenoxy) is 2. The summed E-state index contributed by atoms with van der Waals surface area (Å²) in [6, 6.07) is 12.8. The van der Waals surface area contributed by atoms with E-state index in [-0.39, 0.29) is 42.6 Å². The largest absolute Gasteiger partial charge is 0.482 e. The SMILES string of the molecule is CC(F)Oc1cccc(CNC(=O)c2cc(C(=O)NCc3ccc4c(c3)NC(=O)CO4)nc3c(F)cnn23)c1. The number of rotatable bonds is 8. The van der Waals surface area contributed by atoms with Crippen molar-refractivity contribution in [1.82, 2.24) is 25.2 Å². The van der Waals surface area contributed by atoms with Crippen molar-refractivity contribution >= 4 is 29.1 Å². The van der Waals surface area contributed by atoms with E-state index in [2.05, 4.69) is 26.0 Å². The van der Waals surface area contributed by atoms with E-state index in [1.54, 1.807) is 42.5 Å². The number of fused-ring (bicyclic) bond motifs is 2. The Kier molecular flexibility index (Phi) is 7.04. The maximum atomic E-state index is 14.4. The smallest absolute Gasteiger partial charge is 0.270 e. The number of carbonyl (C=O) groups excluding carboxylic acids is 3. The zero-order valence-electron chi connectivity index (χ0n) is 20.5. The molecule has 1 unspecified atom stereocenters. The van der Waals surface area contributed by atoms with Crippen LogP contribution in [-0.4, -0.2) is 45.3 Å². The summed E-state index contributed by atoms with van der Waals surface area (Å²) in [5.74, 6) is -1.59. The average molecular weight is 536 g/mol. The number of nitrogens with one attached hydrogen (secondary N) is 3. The molecular weight excluding hydrogens is 514 g/mol. The number of nitrogens with zero attached hydrogens (tertiary/aromatic N) is 3. The Morgan fingerprint density at radius 2 is 1.90 bits per heavy atom. The Morgan fingerprint density at radius 3 is 2.69 bits per heavy atom. The third-order valence-corrected chi connectivity index (χ3v) is 5.67. The van der Waals surface area contributed by atoms with Gasteiger partial charge in [0.05, 0.1) is 11.9 Å². The van der Waals surface area contributed by atoms with Crippen LogP contribution >= 0.6 is 0 Å². The van der Waals surface area contributed by atoms with Gasteiger partial charge < -0.3 is 25.4 Å². The van der Waals surface area contributed by atoms with E-state index in [0.29, 0.717) is 28.3 Å². The second-order valence-corrected chi connectivity index (χ2v) is 8.60. The van der Waals surface area contributed by atoms with Gasteiger partial charge in [-0.2, -0.15) is 5.10 Å². The number of anilines is 1. The maximum Gasteiger partial charge on any atom is 0.270 e. The lowest BCUT2D eigenvalue weighted by molar-refractivity contribution is -0.118. The van der Waals surface area contributed by atoms with Crippen LogP contribution in [0.4, 0.5) is 14.5 Å². The Morgan fingerprint density at radius 1 is 1.13 bits per heavy atom. The van der Waals surface area contributed by atoms with Gasteiger partial charge in [0.25, 0.3) is 17.7 Å². The van der Waals surface area contributed by atoms with Crippen molar-refractivity contribution < 1.29 is 32.6 Å². The van der Waals surface area contributed by atoms with Gasteiger partial charge in [0.15, 0.2) is 18.1 Å². The number of carbonyl (C=O) groups is 3. The molecule has 2 aromatic carbocycles. The molecule has 0 saturated heterocycles. The third-order valence-electron chi connectivity index (χ3n) is 5.67. The molecule has 1 aliphatic heterocycles. The van der Waals surface area contributed by atoms with E-state index in [1.165, 1.54) is 13.0 Å². The molecule has 1 atom stereocenters. The highest BCUT2D eigenvalue weighted by atomic mass is 19.1. The highest BCUT2D eigenvalue weighted by molar-refractivity contribution is 5.98. The highest BCUT2D eigenvalue weighted by Gasteiger charge is 2.21. The van der Waals surface area contributed by atoms with E-state index in [4.69, 9.17) is 9.47 Å². The van der Waals surface area contributed by atoms with Gasteiger partial charge in [0.2, 0.25) is 6.36 Å². The molecule has 3 N–H and O–H groups in total. The molecule has 3 heterocycles. The van der Waals surface area contributed by atoms with Crippen LogP contribution in [0.1, 0.15) is 39.0 Å². The van der Waals surface area contributed by atoms with Gasteiger partial charge in [0.1, 0.15) is 22.9 Å². The third kappa shape index (κ3) is 5.76. The standard InChI is InChI=1S/C26H22F2N6O5/c1-14(27)39-17-4-2-3-15(7-17)10-30-26(37)21-9-20(33-24-18(28)12-31-34(21)24)25(36)29-11-16-5-6-22-19(8-16)32-23(35)13-38-22/h2-9,12,14H,10-11,13H2,1H3,(H,29,36)(H,30,37)(H,32,35). The van der Waals surface area contributed by atoms with Crippen LogP contribution < -0.4 is 25.4 Å². The second-order valence-electron chi connectivity index (χ2n) is 8.60. The monoisotopic (exact) mass is 536 g/mol. The van der Waals surface area contributed by atoms with Crippen molar-refractivity contribution in [2.45, 2.75) is 26.4 Å². The number of hydrogen-bond donors (Lipinski definition) is 3. The van der Waals surface area contributed by atoms with Crippen LogP contribution in [-0.2, 0) is 17.9 Å². The molecule has 3 amide bonds. The predicted molar refractivity (Wildman–Crippen MR) is 133 cm³/mol. The molecule has 0 fully saturated rings. The van der Waals surface area contributed by atoms with Crippen molar-refractivity contribution in [3.63, 3.8) is 0 Å². The lowest BCUT2D eigenvalue weighted by atomic mass is 10.1. The molecule has 0 bridgehead atoms. The van der Waals surface area contributed by atoms with E-state index >= 15 is 0 Å². The number of halogens is 2. The molecule has 11 nitrogen and oxygen atoms in total. The topological polar surface area (TPSA) is 136 Å². The molecule has 4 aromatic rings. The van der Waals surface area contributed by atoms with Gasteiger partial charge in [-0.1, -0.05) is 18.2 Å². The molecule has 5 rings (SSSR count). The van der Waals surface area contributed by atoms with Crippen molar-refractivity contribution in [3.8, 4) is 11.5 Å². The summed E-state index contributed by atoms with van der Waals surface area (Å²) in [4.78, 5) is 41.5. The summed E-state index contributed by atoms with van der Waals surface area (Å²) >= 11 is 0. The lowest BCUT2D eigenvalue weighted by Crippen LogP contribution is -2.29. The van der Waals surface area contributed by atoms with E-state index in [0.717, 1.165) is 10.7 Å². The number of benzene rings is 2. The Balaban J connectivity index is 1.32. The number of aromatic nitrogens is 3. The van der Waals surface area contributed by atoms with Gasteiger partial charge in [-0.15, -0.1) is 0 Å². The summed E-state index contributed by atoms with van der Waals surface area (Å²) in [7, 11) is 0. The fourth-order valence-corrected chi connectivity index (χ4v) is 3.92.